The molecule has 0 fully saturated rings. The van der Waals surface area contributed by atoms with E-state index in [1.165, 1.54) is 6.08 Å². The van der Waals surface area contributed by atoms with Gasteiger partial charge >= 0.3 is 5.97 Å². The molecule has 0 radical (unpaired) electrons. The van der Waals surface area contributed by atoms with Gasteiger partial charge in [0.25, 0.3) is 0 Å². The molecule has 0 aliphatic heterocycles. The normalized spacial score (nSPS) is 10.9. The van der Waals surface area contributed by atoms with Crippen LogP contribution in [0.4, 0.5) is 0 Å². The van der Waals surface area contributed by atoms with E-state index in [1.54, 1.807) is 13.0 Å². The number of hydrogen-bond acceptors (Lipinski definition) is 4. The molecule has 0 bridgehead atoms. The number of nitrogens with zero attached hydrogens (tertiary/aromatic N) is 3. The fourth-order valence-electron chi connectivity index (χ4n) is 1.19. The van der Waals surface area contributed by atoms with E-state index in [1.807, 2.05) is 13.8 Å². The molecule has 17 heavy (non-hydrogen) atoms. The van der Waals surface area contributed by atoms with Crippen molar-refractivity contribution in [1.29, 1.82) is 0 Å². The van der Waals surface area contributed by atoms with Crippen LogP contribution in [0.3, 0.4) is 0 Å². The highest BCUT2D eigenvalue weighted by molar-refractivity contribution is 5.92. The van der Waals surface area contributed by atoms with Crippen LogP contribution in [-0.4, -0.2) is 12.6 Å². The van der Waals surface area contributed by atoms with Crippen LogP contribution >= 0.6 is 0 Å². The van der Waals surface area contributed by atoms with Crippen molar-refractivity contribution in [1.82, 2.24) is 0 Å². The Morgan fingerprint density at radius 1 is 1.65 bits per heavy atom. The first-order valence-corrected chi connectivity index (χ1v) is 5.09. The van der Waals surface area contributed by atoms with Crippen molar-refractivity contribution in [2.24, 2.45) is 5.11 Å². The zero-order chi connectivity index (χ0) is 12.8. The van der Waals surface area contributed by atoms with E-state index >= 15 is 0 Å². The summed E-state index contributed by atoms with van der Waals surface area (Å²) in [4.78, 5) is 14.0. The van der Waals surface area contributed by atoms with Gasteiger partial charge in [-0.3, -0.25) is 0 Å². The molecule has 1 rings (SSSR count). The van der Waals surface area contributed by atoms with Gasteiger partial charge in [0, 0.05) is 4.91 Å². The van der Waals surface area contributed by atoms with Gasteiger partial charge in [-0.25, -0.2) is 4.79 Å². The van der Waals surface area contributed by atoms with Gasteiger partial charge in [-0.05, 0) is 44.0 Å². The molecule has 0 N–H and O–H groups in total. The van der Waals surface area contributed by atoms with E-state index in [0.29, 0.717) is 5.76 Å². The van der Waals surface area contributed by atoms with E-state index in [-0.39, 0.29) is 12.3 Å². The van der Waals surface area contributed by atoms with E-state index in [0.717, 1.165) is 11.3 Å². The molecule has 0 aromatic carbocycles. The summed E-state index contributed by atoms with van der Waals surface area (Å²) in [5.41, 5.74) is 9.21. The third kappa shape index (κ3) is 3.39. The quantitative estimate of drug-likeness (QED) is 0.264. The van der Waals surface area contributed by atoms with E-state index in [2.05, 4.69) is 10.0 Å². The highest BCUT2D eigenvalue weighted by Gasteiger charge is 2.10. The fraction of sp³-hybridized carbons (Fsp3) is 0.364. The lowest BCUT2D eigenvalue weighted by Crippen LogP contribution is -2.05. The summed E-state index contributed by atoms with van der Waals surface area (Å²) in [5, 5.41) is 3.28. The van der Waals surface area contributed by atoms with Gasteiger partial charge in [-0.1, -0.05) is 5.11 Å². The molecule has 1 aromatic heterocycles. The Morgan fingerprint density at radius 2 is 2.35 bits per heavy atom. The van der Waals surface area contributed by atoms with E-state index in [4.69, 9.17) is 14.7 Å². The molecule has 0 atom stereocenters. The number of furan rings is 1. The van der Waals surface area contributed by atoms with Gasteiger partial charge in [-0.2, -0.15) is 0 Å². The predicted molar refractivity (Wildman–Crippen MR) is 61.9 cm³/mol. The molecule has 1 heterocycles. The minimum absolute atomic E-state index is 0.122. The Bertz CT molecular complexity index is 477. The van der Waals surface area contributed by atoms with Crippen molar-refractivity contribution < 1.29 is 13.9 Å². The number of hydrogen-bond donors (Lipinski definition) is 0. The summed E-state index contributed by atoms with van der Waals surface area (Å²) in [6.45, 7) is 5.58. The van der Waals surface area contributed by atoms with Crippen LogP contribution in [0.15, 0.2) is 21.3 Å². The fourth-order valence-corrected chi connectivity index (χ4v) is 1.19. The number of aryl methyl sites for hydroxylation is 2. The smallest absolute Gasteiger partial charge is 0.340 e. The second kappa shape index (κ2) is 5.77. The Balaban J connectivity index is 3.05. The Labute approximate surface area is 98.5 Å². The maximum absolute atomic E-state index is 11.4. The second-order valence-corrected chi connectivity index (χ2v) is 3.33. The number of rotatable bonds is 4. The third-order valence-electron chi connectivity index (χ3n) is 2.10. The maximum atomic E-state index is 11.4. The largest absolute Gasteiger partial charge is 0.462 e. The first kappa shape index (κ1) is 12.9. The minimum atomic E-state index is -0.669. The topological polar surface area (TPSA) is 88.2 Å². The average Bonchev–Trinajstić information content (AvgIpc) is 2.58. The zero-order valence-electron chi connectivity index (χ0n) is 9.93. The third-order valence-corrected chi connectivity index (χ3v) is 2.10. The highest BCUT2D eigenvalue weighted by atomic mass is 16.5. The zero-order valence-corrected chi connectivity index (χ0v) is 9.93. The van der Waals surface area contributed by atoms with Gasteiger partial charge in [0.1, 0.15) is 17.2 Å². The SMILES string of the molecule is CCOC(=O)C(=Cc1cc(C)c(C)o1)N=[N+]=[N-]. The van der Waals surface area contributed by atoms with Crippen LogP contribution in [0.2, 0.25) is 0 Å². The molecule has 0 aliphatic carbocycles. The van der Waals surface area contributed by atoms with Crippen molar-refractivity contribution in [2.45, 2.75) is 20.8 Å². The van der Waals surface area contributed by atoms with Crippen molar-refractivity contribution in [3.8, 4) is 0 Å². The van der Waals surface area contributed by atoms with E-state index in [9.17, 15) is 4.79 Å². The van der Waals surface area contributed by atoms with Gasteiger partial charge < -0.3 is 9.15 Å². The van der Waals surface area contributed by atoms with Crippen molar-refractivity contribution in [2.75, 3.05) is 6.61 Å². The molecular weight excluding hydrogens is 222 g/mol. The van der Waals surface area contributed by atoms with Crippen molar-refractivity contribution in [3.63, 3.8) is 0 Å². The van der Waals surface area contributed by atoms with Gasteiger partial charge in [0.05, 0.1) is 6.61 Å². The molecule has 6 nitrogen and oxygen atoms in total. The molecule has 90 valence electrons. The molecule has 6 heteroatoms. The van der Waals surface area contributed by atoms with Crippen LogP contribution in [-0.2, 0) is 9.53 Å². The van der Waals surface area contributed by atoms with Crippen LogP contribution in [0, 0.1) is 13.8 Å². The molecule has 0 unspecified atom stereocenters. The van der Waals surface area contributed by atoms with E-state index < -0.39 is 5.97 Å². The second-order valence-electron chi connectivity index (χ2n) is 3.33. The van der Waals surface area contributed by atoms with Gasteiger partial charge in [-0.15, -0.1) is 0 Å². The van der Waals surface area contributed by atoms with Crippen molar-refractivity contribution >= 4 is 12.0 Å². The summed E-state index contributed by atoms with van der Waals surface area (Å²) in [6, 6.07) is 1.75. The highest BCUT2D eigenvalue weighted by Crippen LogP contribution is 2.17. The molecule has 0 saturated heterocycles. The number of carbonyl (C=O) groups excluding carboxylic acids is 1. The monoisotopic (exact) mass is 235 g/mol. The van der Waals surface area contributed by atoms with Crippen LogP contribution in [0.5, 0.6) is 0 Å². The predicted octanol–water partition coefficient (Wildman–Crippen LogP) is 3.11. The molecule has 1 aromatic rings. The molecular formula is C11H13N3O3. The minimum Gasteiger partial charge on any atom is -0.462 e. The summed E-state index contributed by atoms with van der Waals surface area (Å²) < 4.78 is 10.1. The molecule has 0 aliphatic rings. The Morgan fingerprint density at radius 3 is 2.82 bits per heavy atom. The number of ether oxygens (including phenoxy) is 1. The first-order chi connectivity index (χ1) is 8.08. The van der Waals surface area contributed by atoms with Crippen molar-refractivity contribution in [3.05, 3.63) is 39.3 Å². The van der Waals surface area contributed by atoms with Crippen LogP contribution < -0.4 is 0 Å². The Hall–Kier alpha value is -2.20. The summed E-state index contributed by atoms with van der Waals surface area (Å²) in [7, 11) is 0. The lowest BCUT2D eigenvalue weighted by Gasteiger charge is -1.99. The average molecular weight is 235 g/mol. The first-order valence-electron chi connectivity index (χ1n) is 5.09. The van der Waals surface area contributed by atoms with Crippen LogP contribution in [0.25, 0.3) is 16.5 Å². The molecule has 0 amide bonds. The number of esters is 1. The Kier molecular flexibility index (Phi) is 4.37. The standard InChI is InChI=1S/C11H13N3O3/c1-4-16-11(15)10(13-14-12)6-9-5-7(2)8(3)17-9/h5-6H,4H2,1-3H3. The molecule has 0 saturated carbocycles. The van der Waals surface area contributed by atoms with Gasteiger partial charge in [0.2, 0.25) is 0 Å². The summed E-state index contributed by atoms with van der Waals surface area (Å²) in [6.07, 6.45) is 1.36. The summed E-state index contributed by atoms with van der Waals surface area (Å²) in [5.74, 6) is 0.535. The summed E-state index contributed by atoms with van der Waals surface area (Å²) >= 11 is 0. The number of azide groups is 1. The number of carbonyl (C=O) groups is 1. The van der Waals surface area contributed by atoms with Gasteiger partial charge in [0.15, 0.2) is 0 Å². The molecule has 0 spiro atoms. The maximum Gasteiger partial charge on any atom is 0.340 e. The lowest BCUT2D eigenvalue weighted by atomic mass is 10.2. The van der Waals surface area contributed by atoms with Crippen LogP contribution in [0.1, 0.15) is 24.0 Å². The lowest BCUT2D eigenvalue weighted by molar-refractivity contribution is -0.138.